The van der Waals surface area contributed by atoms with Crippen molar-refractivity contribution in [3.8, 4) is 5.75 Å². The fourth-order valence-electron chi connectivity index (χ4n) is 12.1. The molecule has 0 radical (unpaired) electrons. The second kappa shape index (κ2) is 18.3. The monoisotopic (exact) mass is 890 g/mol. The first-order chi connectivity index (χ1) is 33.3. The minimum Gasteiger partial charge on any atom is -0.507 e. The smallest absolute Gasteiger partial charge is 0.130 e. The quantitative estimate of drug-likeness (QED) is 0.114. The third-order valence-corrected chi connectivity index (χ3v) is 15.3. The molecule has 0 aromatic heterocycles. The SMILES string of the molecule is Cc1cc(CN2[C@H](C(O)(c3ccccc3)c3ccccc3)CC[C@H]2c2ccc3ccccc3c2)c(O)c(CN2[C@H](C(O)(c3ccccc3)c3ccccc3)CC[C@H]2c2ccc3ccccc3c2)c1. The molecule has 9 aromatic carbocycles. The second-order valence-electron chi connectivity index (χ2n) is 19.2. The van der Waals surface area contributed by atoms with E-state index in [0.717, 1.165) is 64.6 Å². The average molecular weight is 891 g/mol. The number of likely N-dealkylation sites (tertiary alicyclic amines) is 2. The Morgan fingerprint density at radius 2 is 0.721 bits per heavy atom. The summed E-state index contributed by atoms with van der Waals surface area (Å²) in [5.41, 5.74) is 5.78. The lowest BCUT2D eigenvalue weighted by molar-refractivity contribution is -0.0185. The van der Waals surface area contributed by atoms with E-state index in [1.807, 2.05) is 121 Å². The molecule has 3 N–H and O–H groups in total. The Balaban J connectivity index is 1.03. The Morgan fingerprint density at radius 3 is 1.07 bits per heavy atom. The summed E-state index contributed by atoms with van der Waals surface area (Å²) in [7, 11) is 0. The number of nitrogens with zero attached hydrogens (tertiary/aromatic N) is 2. The van der Waals surface area contributed by atoms with Crippen LogP contribution in [0.3, 0.4) is 0 Å². The molecule has 2 aliphatic heterocycles. The molecular formula is C63H58N2O3. The van der Waals surface area contributed by atoms with E-state index < -0.39 is 11.2 Å². The normalized spacial score (nSPS) is 19.2. The van der Waals surface area contributed by atoms with Crippen LogP contribution in [0.5, 0.6) is 5.75 Å². The lowest BCUT2D eigenvalue weighted by Gasteiger charge is -2.43. The number of phenolic OH excluding ortho intramolecular Hbond substituents is 1. The molecule has 9 aromatic rings. The van der Waals surface area contributed by atoms with Gasteiger partial charge in [-0.2, -0.15) is 0 Å². The van der Waals surface area contributed by atoms with Gasteiger partial charge in [0.25, 0.3) is 0 Å². The summed E-state index contributed by atoms with van der Waals surface area (Å²) < 4.78 is 0. The highest BCUT2D eigenvalue weighted by Crippen LogP contribution is 2.51. The van der Waals surface area contributed by atoms with Crippen LogP contribution in [0.1, 0.15) is 87.8 Å². The van der Waals surface area contributed by atoms with Crippen LogP contribution in [-0.4, -0.2) is 37.2 Å². The molecule has 2 heterocycles. The number of phenols is 1. The summed E-state index contributed by atoms with van der Waals surface area (Å²) in [5.74, 6) is 0.257. The summed E-state index contributed by atoms with van der Waals surface area (Å²) in [6.45, 7) is 2.95. The van der Waals surface area contributed by atoms with E-state index in [1.54, 1.807) is 0 Å². The molecule has 2 fully saturated rings. The fraction of sp³-hybridized carbons (Fsp3) is 0.206. The number of fused-ring (bicyclic) bond motifs is 2. The molecule has 0 bridgehead atoms. The van der Waals surface area contributed by atoms with Crippen molar-refractivity contribution in [2.75, 3.05) is 0 Å². The first-order valence-corrected chi connectivity index (χ1v) is 24.3. The summed E-state index contributed by atoms with van der Waals surface area (Å²) in [6, 6.07) is 74.5. The summed E-state index contributed by atoms with van der Waals surface area (Å²) in [6.07, 6.45) is 3.17. The molecule has 0 aliphatic carbocycles. The first kappa shape index (κ1) is 43.7. The number of aryl methyl sites for hydroxylation is 1. The van der Waals surface area contributed by atoms with E-state index in [4.69, 9.17) is 0 Å². The highest BCUT2D eigenvalue weighted by atomic mass is 16.3. The Kier molecular flexibility index (Phi) is 11.8. The Bertz CT molecular complexity index is 2890. The Morgan fingerprint density at radius 1 is 0.397 bits per heavy atom. The van der Waals surface area contributed by atoms with Gasteiger partial charge in [0.1, 0.15) is 17.0 Å². The van der Waals surface area contributed by atoms with Crippen molar-refractivity contribution >= 4 is 21.5 Å². The number of benzene rings is 9. The number of aromatic hydroxyl groups is 1. The van der Waals surface area contributed by atoms with Crippen molar-refractivity contribution in [3.05, 3.63) is 268 Å². The van der Waals surface area contributed by atoms with Gasteiger partial charge in [0.15, 0.2) is 0 Å². The van der Waals surface area contributed by atoms with Crippen LogP contribution in [0.25, 0.3) is 21.5 Å². The van der Waals surface area contributed by atoms with E-state index >= 15 is 0 Å². The number of hydrogen-bond donors (Lipinski definition) is 3. The highest BCUT2D eigenvalue weighted by molar-refractivity contribution is 5.84. The predicted molar refractivity (Wildman–Crippen MR) is 275 cm³/mol. The van der Waals surface area contributed by atoms with Gasteiger partial charge in [-0.15, -0.1) is 0 Å². The zero-order valence-corrected chi connectivity index (χ0v) is 38.6. The van der Waals surface area contributed by atoms with Gasteiger partial charge in [-0.05, 0) is 99.7 Å². The molecule has 0 saturated carbocycles. The van der Waals surface area contributed by atoms with E-state index in [9.17, 15) is 15.3 Å². The summed E-state index contributed by atoms with van der Waals surface area (Å²) in [4.78, 5) is 4.92. The maximum atomic E-state index is 13.5. The predicted octanol–water partition coefficient (Wildman–Crippen LogP) is 13.3. The number of hydrogen-bond acceptors (Lipinski definition) is 5. The Labute approximate surface area is 400 Å². The van der Waals surface area contributed by atoms with Crippen LogP contribution in [0.15, 0.2) is 218 Å². The molecule has 5 heteroatoms. The van der Waals surface area contributed by atoms with Crippen molar-refractivity contribution < 1.29 is 15.3 Å². The van der Waals surface area contributed by atoms with Crippen molar-refractivity contribution in [1.82, 2.24) is 9.80 Å². The molecule has 0 amide bonds. The van der Waals surface area contributed by atoms with Crippen molar-refractivity contribution in [1.29, 1.82) is 0 Å². The van der Waals surface area contributed by atoms with Crippen molar-refractivity contribution in [2.24, 2.45) is 0 Å². The van der Waals surface area contributed by atoms with Gasteiger partial charge in [0.05, 0.1) is 0 Å². The number of rotatable bonds is 12. The molecular weight excluding hydrogens is 833 g/mol. The van der Waals surface area contributed by atoms with Gasteiger partial charge >= 0.3 is 0 Å². The van der Waals surface area contributed by atoms with E-state index in [-0.39, 0.29) is 29.9 Å². The third kappa shape index (κ3) is 7.89. The maximum absolute atomic E-state index is 13.5. The van der Waals surface area contributed by atoms with Crippen LogP contribution in [-0.2, 0) is 24.3 Å². The van der Waals surface area contributed by atoms with Crippen LogP contribution >= 0.6 is 0 Å². The number of aliphatic hydroxyl groups is 2. The standard InChI is InChI=1S/C63H58N2O3/c1-44-38-51(42-64-57(49-32-30-45-18-14-16-20-47(45)40-49)34-36-59(64)62(67,53-22-6-2-7-23-53)54-24-8-3-9-25-54)61(66)52(39-44)43-65-58(50-33-31-46-19-15-17-21-48(46)41-50)35-37-60(65)63(68,55-26-10-4-11-27-55)56-28-12-5-13-29-56/h2-33,38-41,57-60,66-68H,34-37,42-43H2,1H3/t57-,58-,59-,60-/m0/s1. The molecule has 4 atom stereocenters. The van der Waals surface area contributed by atoms with Gasteiger partial charge in [-0.1, -0.05) is 212 Å². The van der Waals surface area contributed by atoms with Crippen molar-refractivity contribution in [2.45, 2.75) is 81.1 Å². The van der Waals surface area contributed by atoms with E-state index in [1.165, 1.54) is 32.7 Å². The van der Waals surface area contributed by atoms with Gasteiger partial charge in [-0.25, -0.2) is 0 Å². The molecule has 338 valence electrons. The van der Waals surface area contributed by atoms with E-state index in [2.05, 4.69) is 114 Å². The third-order valence-electron chi connectivity index (χ3n) is 15.3. The summed E-state index contributed by atoms with van der Waals surface area (Å²) in [5, 5.41) is 44.6. The lowest BCUT2D eigenvalue weighted by atomic mass is 9.79. The zero-order valence-electron chi connectivity index (χ0n) is 38.6. The van der Waals surface area contributed by atoms with E-state index in [0.29, 0.717) is 13.1 Å². The van der Waals surface area contributed by atoms with Crippen LogP contribution < -0.4 is 0 Å². The van der Waals surface area contributed by atoms with Crippen LogP contribution in [0, 0.1) is 6.92 Å². The first-order valence-electron chi connectivity index (χ1n) is 24.3. The van der Waals surface area contributed by atoms with Crippen molar-refractivity contribution in [3.63, 3.8) is 0 Å². The Hall–Kier alpha value is -6.86. The van der Waals surface area contributed by atoms with Gasteiger partial charge in [0, 0.05) is 48.4 Å². The largest absolute Gasteiger partial charge is 0.507 e. The average Bonchev–Trinajstić information content (AvgIpc) is 4.03. The van der Waals surface area contributed by atoms with Crippen LogP contribution in [0.2, 0.25) is 0 Å². The molecule has 5 nitrogen and oxygen atoms in total. The van der Waals surface area contributed by atoms with Gasteiger partial charge < -0.3 is 15.3 Å². The molecule has 2 saturated heterocycles. The van der Waals surface area contributed by atoms with Gasteiger partial charge in [0.2, 0.25) is 0 Å². The highest BCUT2D eigenvalue weighted by Gasteiger charge is 2.51. The van der Waals surface area contributed by atoms with Crippen LogP contribution in [0.4, 0.5) is 0 Å². The molecule has 11 rings (SSSR count). The summed E-state index contributed by atoms with van der Waals surface area (Å²) >= 11 is 0. The second-order valence-corrected chi connectivity index (χ2v) is 19.2. The maximum Gasteiger partial charge on any atom is 0.130 e. The molecule has 0 spiro atoms. The minimum atomic E-state index is -1.34. The topological polar surface area (TPSA) is 67.2 Å². The fourth-order valence-corrected chi connectivity index (χ4v) is 12.1. The van der Waals surface area contributed by atoms with Gasteiger partial charge in [-0.3, -0.25) is 9.80 Å². The molecule has 0 unspecified atom stereocenters. The lowest BCUT2D eigenvalue weighted by Crippen LogP contribution is -2.49. The molecule has 2 aliphatic rings. The minimum absolute atomic E-state index is 0.0288. The zero-order chi connectivity index (χ0) is 46.2. The molecule has 68 heavy (non-hydrogen) atoms.